The van der Waals surface area contributed by atoms with Crippen molar-refractivity contribution >= 4 is 71.8 Å². The molecule has 0 aliphatic heterocycles. The average Bonchev–Trinajstić information content (AvgIpc) is 3.85. The van der Waals surface area contributed by atoms with Crippen molar-refractivity contribution in [1.29, 1.82) is 0 Å². The van der Waals surface area contributed by atoms with E-state index in [4.69, 9.17) is 0 Å². The van der Waals surface area contributed by atoms with Gasteiger partial charge in [-0.05, 0) is 119 Å². The van der Waals surface area contributed by atoms with Gasteiger partial charge in [-0.15, -0.1) is 0 Å². The topological polar surface area (TPSA) is 9.86 Å². The first-order valence-electron chi connectivity index (χ1n) is 21.5. The Kier molecular flexibility index (Phi) is 9.98. The Morgan fingerprint density at radius 3 is 1.34 bits per heavy atom. The van der Waals surface area contributed by atoms with Gasteiger partial charge in [0.15, 0.2) is 0 Å². The second-order valence-electron chi connectivity index (χ2n) is 16.5. The molecule has 0 bridgehead atoms. The third-order valence-corrected chi connectivity index (χ3v) is 13.9. The number of nitrogens with zero attached hydrogens (tertiary/aromatic N) is 2. The van der Waals surface area contributed by atoms with Crippen LogP contribution in [0.15, 0.2) is 212 Å². The number of halogens is 1. The molecular formula is C58H45IN2. The van der Waals surface area contributed by atoms with Gasteiger partial charge in [-0.2, -0.15) is 0 Å². The summed E-state index contributed by atoms with van der Waals surface area (Å²) < 4.78 is 5.17. The number of aromatic nitrogens is 2. The summed E-state index contributed by atoms with van der Waals surface area (Å²) in [5.74, 6) is 0.569. The summed E-state index contributed by atoms with van der Waals surface area (Å²) in [6.07, 6.45) is 11.6. The maximum Gasteiger partial charge on any atom is 0.0541 e. The molecule has 0 fully saturated rings. The van der Waals surface area contributed by atoms with Gasteiger partial charge in [-0.25, -0.2) is 0 Å². The highest BCUT2D eigenvalue weighted by Crippen LogP contribution is 2.36. The second kappa shape index (κ2) is 16.2. The molecule has 10 aromatic rings. The van der Waals surface area contributed by atoms with Crippen molar-refractivity contribution in [1.82, 2.24) is 9.13 Å². The number of benzene rings is 8. The van der Waals surface area contributed by atoms with E-state index < -0.39 is 0 Å². The normalized spacial score (nSPS) is 14.6. The molecule has 0 spiro atoms. The Hall–Kier alpha value is -6.43. The Bertz CT molecular complexity index is 3130. The van der Waals surface area contributed by atoms with Crippen LogP contribution in [0.3, 0.4) is 0 Å². The van der Waals surface area contributed by atoms with Crippen LogP contribution in [0.4, 0.5) is 0 Å². The highest BCUT2D eigenvalue weighted by atomic mass is 127. The molecule has 3 heteroatoms. The summed E-state index contributed by atoms with van der Waals surface area (Å²) in [5.41, 5.74) is 16.6. The van der Waals surface area contributed by atoms with E-state index in [1.165, 1.54) is 93.9 Å². The minimum absolute atomic E-state index is 0.411. The summed E-state index contributed by atoms with van der Waals surface area (Å²) in [7, 11) is 0. The van der Waals surface area contributed by atoms with Crippen molar-refractivity contribution in [3.8, 4) is 22.5 Å². The monoisotopic (exact) mass is 896 g/mol. The average molecular weight is 897 g/mol. The highest BCUT2D eigenvalue weighted by molar-refractivity contribution is 14.1. The zero-order chi connectivity index (χ0) is 40.7. The van der Waals surface area contributed by atoms with Gasteiger partial charge in [0.2, 0.25) is 0 Å². The van der Waals surface area contributed by atoms with E-state index in [-0.39, 0.29) is 0 Å². The molecule has 2 atom stereocenters. The third kappa shape index (κ3) is 7.21. The number of hydrogen-bond acceptors (Lipinski definition) is 0. The van der Waals surface area contributed by atoms with Gasteiger partial charge < -0.3 is 9.13 Å². The molecule has 8 aromatic carbocycles. The molecule has 61 heavy (non-hydrogen) atoms. The van der Waals surface area contributed by atoms with Crippen LogP contribution in [-0.4, -0.2) is 9.13 Å². The van der Waals surface area contributed by atoms with Crippen LogP contribution in [0.5, 0.6) is 0 Å². The fourth-order valence-electron chi connectivity index (χ4n) is 9.50. The van der Waals surface area contributed by atoms with E-state index >= 15 is 0 Å². The minimum Gasteiger partial charge on any atom is -0.309 e. The van der Waals surface area contributed by atoms with Crippen LogP contribution >= 0.6 is 22.6 Å². The molecule has 1 aliphatic carbocycles. The largest absolute Gasteiger partial charge is 0.309 e. The Morgan fingerprint density at radius 1 is 0.459 bits per heavy atom. The SMILES string of the molecule is IC(Cc1ccc(CCC2C=CC(c3ccc(-n4c5ccccc5c5ccccc54)cc3)=CC2)cc1)c1ccc(-c2ccc(-n3c4ccccc4c4ccccc43)cc2)cc1. The number of rotatable bonds is 10. The third-order valence-electron chi connectivity index (χ3n) is 12.8. The Morgan fingerprint density at radius 2 is 0.885 bits per heavy atom. The van der Waals surface area contributed by atoms with Crippen molar-refractivity contribution in [2.24, 2.45) is 5.92 Å². The fourth-order valence-corrected chi connectivity index (χ4v) is 10.4. The number of allylic oxidation sites excluding steroid dienone is 4. The molecule has 2 unspecified atom stereocenters. The van der Waals surface area contributed by atoms with Gasteiger partial charge in [-0.3, -0.25) is 0 Å². The Labute approximate surface area is 371 Å². The van der Waals surface area contributed by atoms with E-state index in [9.17, 15) is 0 Å². The molecule has 11 rings (SSSR count). The van der Waals surface area contributed by atoms with Crippen LogP contribution in [0.2, 0.25) is 0 Å². The maximum absolute atomic E-state index is 2.61. The van der Waals surface area contributed by atoms with Crippen LogP contribution in [0.1, 0.15) is 39.0 Å². The van der Waals surface area contributed by atoms with E-state index in [0.29, 0.717) is 9.84 Å². The van der Waals surface area contributed by atoms with E-state index in [1.54, 1.807) is 0 Å². The summed E-state index contributed by atoms with van der Waals surface area (Å²) >= 11 is 2.61. The Balaban J connectivity index is 0.687. The van der Waals surface area contributed by atoms with Crippen molar-refractivity contribution in [3.63, 3.8) is 0 Å². The summed E-state index contributed by atoms with van der Waals surface area (Å²) in [6, 6.07) is 71.4. The molecule has 1 aliphatic rings. The predicted octanol–water partition coefficient (Wildman–Crippen LogP) is 15.9. The number of fused-ring (bicyclic) bond motifs is 6. The molecule has 0 radical (unpaired) electrons. The summed E-state index contributed by atoms with van der Waals surface area (Å²) in [5, 5.41) is 5.17. The predicted molar refractivity (Wildman–Crippen MR) is 267 cm³/mol. The smallest absolute Gasteiger partial charge is 0.0541 e. The zero-order valence-corrected chi connectivity index (χ0v) is 36.1. The molecule has 0 saturated heterocycles. The van der Waals surface area contributed by atoms with Crippen molar-refractivity contribution in [2.75, 3.05) is 0 Å². The van der Waals surface area contributed by atoms with Crippen molar-refractivity contribution in [2.45, 2.75) is 29.6 Å². The molecule has 0 amide bonds. The molecule has 0 N–H and O–H groups in total. The molecule has 2 heterocycles. The summed E-state index contributed by atoms with van der Waals surface area (Å²) in [6.45, 7) is 0. The standard InChI is InChI=1S/C58H45IN2/c59-54(47-29-27-44(28-30-47)46-33-37-49(38-34-46)61-57-15-7-3-11-52(57)53-12-4-8-16-58(53)61)39-42-21-19-40(20-22-42)17-18-41-23-25-43(26-24-41)45-31-35-48(36-32-45)60-55-13-5-1-9-50(55)51-10-2-6-14-56(51)60/h1-16,19-23,25-38,41,54H,17-18,24,39H2. The van der Waals surface area contributed by atoms with Crippen LogP contribution < -0.4 is 0 Å². The number of para-hydroxylation sites is 4. The van der Waals surface area contributed by atoms with E-state index in [0.717, 1.165) is 25.7 Å². The van der Waals surface area contributed by atoms with E-state index in [1.807, 2.05) is 0 Å². The molecule has 2 nitrogen and oxygen atoms in total. The van der Waals surface area contributed by atoms with Crippen molar-refractivity contribution in [3.05, 3.63) is 235 Å². The zero-order valence-electron chi connectivity index (χ0n) is 34.0. The van der Waals surface area contributed by atoms with Crippen LogP contribution in [0, 0.1) is 5.92 Å². The fraction of sp³-hybridized carbons (Fsp3) is 0.103. The van der Waals surface area contributed by atoms with Gasteiger partial charge in [0, 0.05) is 36.8 Å². The van der Waals surface area contributed by atoms with Crippen molar-refractivity contribution < 1.29 is 0 Å². The first-order chi connectivity index (χ1) is 30.1. The number of aryl methyl sites for hydroxylation is 1. The molecular weight excluding hydrogens is 852 g/mol. The molecule has 2 aromatic heterocycles. The number of hydrogen-bond donors (Lipinski definition) is 0. The maximum atomic E-state index is 2.61. The van der Waals surface area contributed by atoms with Gasteiger partial charge in [0.05, 0.1) is 22.1 Å². The lowest BCUT2D eigenvalue weighted by Gasteiger charge is -2.17. The molecule has 0 saturated carbocycles. The lowest BCUT2D eigenvalue weighted by atomic mass is 9.89. The van der Waals surface area contributed by atoms with Gasteiger partial charge in [-0.1, -0.05) is 186 Å². The quantitative estimate of drug-likeness (QED) is 0.0956. The van der Waals surface area contributed by atoms with Crippen LogP contribution in [-0.2, 0) is 12.8 Å². The first kappa shape index (κ1) is 37.6. The minimum atomic E-state index is 0.411. The van der Waals surface area contributed by atoms with Gasteiger partial charge in [0.25, 0.3) is 0 Å². The molecule has 294 valence electrons. The lowest BCUT2D eigenvalue weighted by Crippen LogP contribution is -2.02. The van der Waals surface area contributed by atoms with Gasteiger partial charge >= 0.3 is 0 Å². The summed E-state index contributed by atoms with van der Waals surface area (Å²) in [4.78, 5) is 0. The van der Waals surface area contributed by atoms with Crippen LogP contribution in [0.25, 0.3) is 71.7 Å². The highest BCUT2D eigenvalue weighted by Gasteiger charge is 2.16. The van der Waals surface area contributed by atoms with E-state index in [2.05, 4.69) is 244 Å². The number of alkyl halides is 1. The first-order valence-corrected chi connectivity index (χ1v) is 22.8. The lowest BCUT2D eigenvalue weighted by molar-refractivity contribution is 0.596. The van der Waals surface area contributed by atoms with Gasteiger partial charge in [0.1, 0.15) is 0 Å². The second-order valence-corrected chi connectivity index (χ2v) is 18.0.